The van der Waals surface area contributed by atoms with Gasteiger partial charge in [0, 0.05) is 16.1 Å². The molecule has 2 heterocycles. The number of hydrogen-bond donors (Lipinski definition) is 1. The second-order valence-corrected chi connectivity index (χ2v) is 6.65. The second-order valence-electron chi connectivity index (χ2n) is 5.73. The maximum atomic E-state index is 11.4. The summed E-state index contributed by atoms with van der Waals surface area (Å²) < 4.78 is 3.03. The van der Waals surface area contributed by atoms with Crippen molar-refractivity contribution in [3.63, 3.8) is 0 Å². The number of fused-ring (bicyclic) bond motifs is 1. The fourth-order valence-corrected chi connectivity index (χ4v) is 3.26. The van der Waals surface area contributed by atoms with E-state index in [-0.39, 0.29) is 17.0 Å². The molecule has 3 rings (SSSR count). The van der Waals surface area contributed by atoms with Crippen molar-refractivity contribution < 1.29 is 26.7 Å². The van der Waals surface area contributed by atoms with Gasteiger partial charge in [-0.15, -0.1) is 0 Å². The summed E-state index contributed by atoms with van der Waals surface area (Å²) >= 11 is 3.45. The minimum absolute atomic E-state index is 0. The quantitative estimate of drug-likeness (QED) is 0.523. The molecule has 23 heavy (non-hydrogen) atoms. The number of anilines is 1. The number of rotatable bonds is 5. The van der Waals surface area contributed by atoms with Crippen LogP contribution in [0.1, 0.15) is 31.7 Å². The molecule has 0 saturated heterocycles. The van der Waals surface area contributed by atoms with Crippen LogP contribution in [0.25, 0.3) is 0 Å². The summed E-state index contributed by atoms with van der Waals surface area (Å²) in [6.45, 7) is 3.49. The fourth-order valence-electron chi connectivity index (χ4n) is 3.00. The third-order valence-corrected chi connectivity index (χ3v) is 4.70. The number of unbranched alkanes of at least 4 members (excludes halogenated alkanes) is 2. The normalized spacial score (nSPS) is 19.3. The van der Waals surface area contributed by atoms with Crippen molar-refractivity contribution in [3.05, 3.63) is 52.8 Å². The highest BCUT2D eigenvalue weighted by atomic mass is 79.9. The van der Waals surface area contributed by atoms with Gasteiger partial charge in [-0.2, -0.15) is 0 Å². The summed E-state index contributed by atoms with van der Waals surface area (Å²) in [6.07, 6.45) is 7.12. The third kappa shape index (κ3) is 3.59. The summed E-state index contributed by atoms with van der Waals surface area (Å²) in [7, 11) is 0. The molecule has 1 aliphatic heterocycles. The van der Waals surface area contributed by atoms with Crippen molar-refractivity contribution in [2.75, 3.05) is 11.4 Å². The average molecular weight is 443 g/mol. The SMILES string of the molecule is CCCCCN1c2nccc[n+]2CC1(O)c1ccc(Br)cc1.[Br-]. The highest BCUT2D eigenvalue weighted by Crippen LogP contribution is 2.34. The van der Waals surface area contributed by atoms with Crippen LogP contribution in [0, 0.1) is 0 Å². The van der Waals surface area contributed by atoms with Crippen LogP contribution < -0.4 is 26.4 Å². The van der Waals surface area contributed by atoms with Crippen LogP contribution in [-0.4, -0.2) is 16.6 Å². The molecule has 0 aliphatic carbocycles. The highest BCUT2D eigenvalue weighted by Gasteiger charge is 2.50. The predicted octanol–water partition coefficient (Wildman–Crippen LogP) is -0.00890. The predicted molar refractivity (Wildman–Crippen MR) is 89.3 cm³/mol. The molecule has 0 bridgehead atoms. The van der Waals surface area contributed by atoms with Crippen LogP contribution in [0.15, 0.2) is 47.2 Å². The topological polar surface area (TPSA) is 40.2 Å². The van der Waals surface area contributed by atoms with E-state index >= 15 is 0 Å². The van der Waals surface area contributed by atoms with Gasteiger partial charge in [-0.1, -0.05) is 52.8 Å². The Labute approximate surface area is 156 Å². The molecule has 6 heteroatoms. The molecule has 1 atom stereocenters. The Hall–Kier alpha value is -0.980. The molecule has 0 amide bonds. The Kier molecular flexibility index (Phi) is 6.17. The van der Waals surface area contributed by atoms with E-state index in [1.807, 2.05) is 46.0 Å². The van der Waals surface area contributed by atoms with E-state index in [0.717, 1.165) is 41.8 Å². The first-order valence-corrected chi connectivity index (χ1v) is 8.55. The Morgan fingerprint density at radius 1 is 1.30 bits per heavy atom. The van der Waals surface area contributed by atoms with Crippen molar-refractivity contribution in [1.82, 2.24) is 4.98 Å². The number of hydrogen-bond acceptors (Lipinski definition) is 3. The van der Waals surface area contributed by atoms with Crippen LogP contribution in [0.5, 0.6) is 0 Å². The molecule has 1 aromatic heterocycles. The van der Waals surface area contributed by atoms with E-state index in [2.05, 4.69) is 27.8 Å². The lowest BCUT2D eigenvalue weighted by molar-refractivity contribution is -0.685. The van der Waals surface area contributed by atoms with Gasteiger partial charge in [-0.05, 0) is 18.6 Å². The lowest BCUT2D eigenvalue weighted by Gasteiger charge is -2.28. The minimum Gasteiger partial charge on any atom is -1.00 e. The zero-order chi connectivity index (χ0) is 15.6. The van der Waals surface area contributed by atoms with Crippen molar-refractivity contribution in [2.24, 2.45) is 0 Å². The molecule has 0 radical (unpaired) electrons. The van der Waals surface area contributed by atoms with Gasteiger partial charge in [-0.3, -0.25) is 0 Å². The summed E-state index contributed by atoms with van der Waals surface area (Å²) in [5, 5.41) is 11.4. The molecule has 0 fully saturated rings. The molecule has 1 aromatic carbocycles. The van der Waals surface area contributed by atoms with Gasteiger partial charge in [0.15, 0.2) is 0 Å². The number of aromatic nitrogens is 2. The van der Waals surface area contributed by atoms with Crippen molar-refractivity contribution in [2.45, 2.75) is 38.5 Å². The molecule has 4 nitrogen and oxygen atoms in total. The van der Waals surface area contributed by atoms with Crippen molar-refractivity contribution in [1.29, 1.82) is 0 Å². The van der Waals surface area contributed by atoms with Gasteiger partial charge in [0.1, 0.15) is 12.7 Å². The van der Waals surface area contributed by atoms with Crippen LogP contribution in [0.4, 0.5) is 5.95 Å². The molecule has 0 saturated carbocycles. The largest absolute Gasteiger partial charge is 1.00 e. The molecule has 1 unspecified atom stereocenters. The number of aliphatic hydroxyl groups is 1. The molecular formula is C17H21Br2N3O. The Morgan fingerprint density at radius 2 is 2.04 bits per heavy atom. The Morgan fingerprint density at radius 3 is 2.74 bits per heavy atom. The zero-order valence-electron chi connectivity index (χ0n) is 13.1. The van der Waals surface area contributed by atoms with E-state index in [9.17, 15) is 5.11 Å². The molecular weight excluding hydrogens is 422 g/mol. The first-order valence-electron chi connectivity index (χ1n) is 7.75. The van der Waals surface area contributed by atoms with Crippen LogP contribution >= 0.6 is 15.9 Å². The van der Waals surface area contributed by atoms with E-state index in [0.29, 0.717) is 6.54 Å². The summed E-state index contributed by atoms with van der Waals surface area (Å²) in [5.41, 5.74) is -0.131. The smallest absolute Gasteiger partial charge is 0.396 e. The summed E-state index contributed by atoms with van der Waals surface area (Å²) in [6, 6.07) is 9.80. The molecule has 1 N–H and O–H groups in total. The lowest BCUT2D eigenvalue weighted by Crippen LogP contribution is -3.00. The second kappa shape index (κ2) is 7.73. The van der Waals surface area contributed by atoms with E-state index < -0.39 is 5.72 Å². The summed E-state index contributed by atoms with van der Waals surface area (Å²) in [5.74, 6) is 0.837. The van der Waals surface area contributed by atoms with E-state index in [1.165, 1.54) is 0 Å². The van der Waals surface area contributed by atoms with Gasteiger partial charge >= 0.3 is 5.95 Å². The van der Waals surface area contributed by atoms with Crippen LogP contribution in [0.3, 0.4) is 0 Å². The molecule has 0 spiro atoms. The maximum Gasteiger partial charge on any atom is 0.396 e. The Balaban J connectivity index is 0.00000192. The minimum atomic E-state index is -1.03. The van der Waals surface area contributed by atoms with E-state index in [1.54, 1.807) is 6.20 Å². The number of nitrogens with zero attached hydrogens (tertiary/aromatic N) is 3. The van der Waals surface area contributed by atoms with Gasteiger partial charge in [0.2, 0.25) is 5.72 Å². The standard InChI is InChI=1S/C17H21BrN3O.BrH/c1-2-3-4-12-21-16-19-10-5-11-20(16)13-17(21,22)14-6-8-15(18)9-7-14;/h5-11,22H,2-4,12-13H2,1H3;1H/q+1;/p-1. The molecule has 2 aromatic rings. The van der Waals surface area contributed by atoms with E-state index in [4.69, 9.17) is 0 Å². The lowest BCUT2D eigenvalue weighted by atomic mass is 10.0. The van der Waals surface area contributed by atoms with Gasteiger partial charge < -0.3 is 22.1 Å². The van der Waals surface area contributed by atoms with Crippen molar-refractivity contribution in [3.8, 4) is 0 Å². The summed E-state index contributed by atoms with van der Waals surface area (Å²) in [4.78, 5) is 6.51. The van der Waals surface area contributed by atoms with Crippen LogP contribution in [0.2, 0.25) is 0 Å². The Bertz CT molecular complexity index is 651. The average Bonchev–Trinajstić information content (AvgIpc) is 2.81. The third-order valence-electron chi connectivity index (χ3n) is 4.17. The monoisotopic (exact) mass is 441 g/mol. The molecule has 1 aliphatic rings. The maximum absolute atomic E-state index is 11.4. The number of halogens is 2. The van der Waals surface area contributed by atoms with Gasteiger partial charge in [0.05, 0.1) is 12.7 Å². The highest BCUT2D eigenvalue weighted by molar-refractivity contribution is 9.10. The van der Waals surface area contributed by atoms with Crippen LogP contribution in [-0.2, 0) is 12.3 Å². The zero-order valence-corrected chi connectivity index (χ0v) is 16.3. The number of benzene rings is 1. The first-order chi connectivity index (χ1) is 10.6. The van der Waals surface area contributed by atoms with Gasteiger partial charge in [-0.25, -0.2) is 9.47 Å². The van der Waals surface area contributed by atoms with Gasteiger partial charge in [0.25, 0.3) is 0 Å². The first kappa shape index (κ1) is 18.4. The fraction of sp³-hybridized carbons (Fsp3) is 0.412. The van der Waals surface area contributed by atoms with Crippen molar-refractivity contribution >= 4 is 21.9 Å². The molecule has 124 valence electrons.